The van der Waals surface area contributed by atoms with Crippen LogP contribution in [0, 0.1) is 12.3 Å². The van der Waals surface area contributed by atoms with Crippen molar-refractivity contribution in [1.82, 2.24) is 0 Å². The summed E-state index contributed by atoms with van der Waals surface area (Å²) in [5, 5.41) is 2.81. The maximum Gasteiger partial charge on any atom is 0.241 e. The number of anilines is 1. The van der Waals surface area contributed by atoms with Crippen LogP contribution in [-0.2, 0) is 4.79 Å². The zero-order valence-electron chi connectivity index (χ0n) is 11.7. The molecule has 0 aliphatic heterocycles. The van der Waals surface area contributed by atoms with Gasteiger partial charge in [0.2, 0.25) is 5.91 Å². The van der Waals surface area contributed by atoms with Crippen molar-refractivity contribution in [3.05, 3.63) is 23.8 Å². The number of amides is 1. The van der Waals surface area contributed by atoms with Crippen molar-refractivity contribution >= 4 is 11.6 Å². The van der Waals surface area contributed by atoms with Crippen molar-refractivity contribution in [3.8, 4) is 5.75 Å². The van der Waals surface area contributed by atoms with Gasteiger partial charge in [0, 0.05) is 0 Å². The van der Waals surface area contributed by atoms with Crippen LogP contribution in [0.1, 0.15) is 26.3 Å². The summed E-state index contributed by atoms with van der Waals surface area (Å²) >= 11 is 0. The topological polar surface area (TPSA) is 64.3 Å². The van der Waals surface area contributed by atoms with E-state index >= 15 is 0 Å². The number of methoxy groups -OCH3 is 1. The third kappa shape index (κ3) is 3.47. The van der Waals surface area contributed by atoms with E-state index in [0.29, 0.717) is 11.4 Å². The van der Waals surface area contributed by atoms with Gasteiger partial charge < -0.3 is 15.8 Å². The highest BCUT2D eigenvalue weighted by Gasteiger charge is 2.27. The number of nitrogens with two attached hydrogens (primary N) is 1. The minimum Gasteiger partial charge on any atom is -0.495 e. The maximum atomic E-state index is 12.0. The van der Waals surface area contributed by atoms with E-state index in [1.165, 1.54) is 0 Å². The summed E-state index contributed by atoms with van der Waals surface area (Å²) in [7, 11) is 1.58. The molecular formula is C14H22N2O2. The third-order valence-electron chi connectivity index (χ3n) is 2.83. The normalized spacial score (nSPS) is 13.0. The van der Waals surface area contributed by atoms with Crippen LogP contribution in [0.3, 0.4) is 0 Å². The van der Waals surface area contributed by atoms with Crippen molar-refractivity contribution in [1.29, 1.82) is 0 Å². The highest BCUT2D eigenvalue weighted by Crippen LogP contribution is 2.26. The fraction of sp³-hybridized carbons (Fsp3) is 0.500. The van der Waals surface area contributed by atoms with Crippen LogP contribution in [0.5, 0.6) is 5.75 Å². The van der Waals surface area contributed by atoms with Gasteiger partial charge in [0.1, 0.15) is 5.75 Å². The lowest BCUT2D eigenvalue weighted by molar-refractivity contribution is -0.119. The maximum absolute atomic E-state index is 12.0. The number of aryl methyl sites for hydroxylation is 1. The summed E-state index contributed by atoms with van der Waals surface area (Å²) < 4.78 is 5.24. The number of ether oxygens (including phenoxy) is 1. The van der Waals surface area contributed by atoms with Crippen molar-refractivity contribution < 1.29 is 9.53 Å². The first kappa shape index (κ1) is 14.5. The Balaban J connectivity index is 2.88. The van der Waals surface area contributed by atoms with Crippen molar-refractivity contribution in [2.75, 3.05) is 12.4 Å². The average Bonchev–Trinajstić information content (AvgIpc) is 2.29. The molecule has 0 bridgehead atoms. The van der Waals surface area contributed by atoms with E-state index in [1.54, 1.807) is 7.11 Å². The van der Waals surface area contributed by atoms with Crippen molar-refractivity contribution in [2.45, 2.75) is 33.7 Å². The largest absolute Gasteiger partial charge is 0.495 e. The van der Waals surface area contributed by atoms with Gasteiger partial charge >= 0.3 is 0 Å². The Kier molecular flexibility index (Phi) is 4.35. The summed E-state index contributed by atoms with van der Waals surface area (Å²) in [5.74, 6) is 0.439. The Morgan fingerprint density at radius 1 is 1.39 bits per heavy atom. The fourth-order valence-electron chi connectivity index (χ4n) is 1.51. The molecule has 0 saturated carbocycles. The van der Waals surface area contributed by atoms with E-state index < -0.39 is 6.04 Å². The number of rotatable bonds is 3. The second kappa shape index (κ2) is 5.40. The van der Waals surface area contributed by atoms with Crippen LogP contribution >= 0.6 is 0 Å². The molecule has 0 spiro atoms. The molecule has 1 aromatic carbocycles. The molecule has 0 radical (unpaired) electrons. The summed E-state index contributed by atoms with van der Waals surface area (Å²) in [6.45, 7) is 7.77. The molecule has 18 heavy (non-hydrogen) atoms. The van der Waals surface area contributed by atoms with Crippen LogP contribution in [0.4, 0.5) is 5.69 Å². The number of hydrogen-bond acceptors (Lipinski definition) is 3. The van der Waals surface area contributed by atoms with Gasteiger partial charge in [0.15, 0.2) is 0 Å². The summed E-state index contributed by atoms with van der Waals surface area (Å²) in [5.41, 5.74) is 7.36. The minimum absolute atomic E-state index is 0.204. The van der Waals surface area contributed by atoms with Gasteiger partial charge in [-0.25, -0.2) is 0 Å². The van der Waals surface area contributed by atoms with Crippen LogP contribution in [-0.4, -0.2) is 19.1 Å². The van der Waals surface area contributed by atoms with Gasteiger partial charge in [-0.1, -0.05) is 26.8 Å². The number of benzene rings is 1. The average molecular weight is 250 g/mol. The summed E-state index contributed by atoms with van der Waals surface area (Å²) in [6.07, 6.45) is 0. The molecule has 0 saturated heterocycles. The zero-order valence-corrected chi connectivity index (χ0v) is 11.7. The molecule has 1 atom stereocenters. The molecule has 100 valence electrons. The Morgan fingerprint density at radius 3 is 2.50 bits per heavy atom. The van der Waals surface area contributed by atoms with Gasteiger partial charge in [-0.05, 0) is 30.0 Å². The highest BCUT2D eigenvalue weighted by molar-refractivity contribution is 5.96. The Labute approximate surface area is 109 Å². The van der Waals surface area contributed by atoms with Gasteiger partial charge in [-0.2, -0.15) is 0 Å². The zero-order chi connectivity index (χ0) is 13.9. The van der Waals surface area contributed by atoms with Crippen molar-refractivity contribution in [3.63, 3.8) is 0 Å². The third-order valence-corrected chi connectivity index (χ3v) is 2.83. The SMILES string of the molecule is COc1cc(C)ccc1NC(=O)C(N)C(C)(C)C. The molecule has 0 aliphatic rings. The van der Waals surface area contributed by atoms with Crippen molar-refractivity contribution in [2.24, 2.45) is 11.1 Å². The number of hydrogen-bond donors (Lipinski definition) is 2. The predicted octanol–water partition coefficient (Wildman–Crippen LogP) is 2.32. The van der Waals surface area contributed by atoms with Gasteiger partial charge in [0.05, 0.1) is 18.8 Å². The van der Waals surface area contributed by atoms with Crippen LogP contribution in [0.25, 0.3) is 0 Å². The van der Waals surface area contributed by atoms with Crippen LogP contribution < -0.4 is 15.8 Å². The Morgan fingerprint density at radius 2 is 2.00 bits per heavy atom. The second-order valence-electron chi connectivity index (χ2n) is 5.54. The van der Waals surface area contributed by atoms with Crippen LogP contribution in [0.2, 0.25) is 0 Å². The second-order valence-corrected chi connectivity index (χ2v) is 5.54. The first-order valence-corrected chi connectivity index (χ1v) is 5.97. The summed E-state index contributed by atoms with van der Waals surface area (Å²) in [4.78, 5) is 12.0. The minimum atomic E-state index is -0.566. The number of carbonyl (C=O) groups excluding carboxylic acids is 1. The molecule has 0 aromatic heterocycles. The molecule has 0 fully saturated rings. The van der Waals surface area contributed by atoms with Crippen LogP contribution in [0.15, 0.2) is 18.2 Å². The lowest BCUT2D eigenvalue weighted by Crippen LogP contribution is -2.45. The van der Waals surface area contributed by atoms with E-state index in [0.717, 1.165) is 5.56 Å². The van der Waals surface area contributed by atoms with E-state index in [1.807, 2.05) is 45.9 Å². The molecular weight excluding hydrogens is 228 g/mol. The Bertz CT molecular complexity index is 436. The highest BCUT2D eigenvalue weighted by atomic mass is 16.5. The molecule has 3 N–H and O–H groups in total. The lowest BCUT2D eigenvalue weighted by Gasteiger charge is -2.26. The molecule has 1 unspecified atom stereocenters. The molecule has 1 rings (SSSR count). The van der Waals surface area contributed by atoms with E-state index in [2.05, 4.69) is 5.32 Å². The first-order chi connectivity index (χ1) is 8.25. The molecule has 4 nitrogen and oxygen atoms in total. The van der Waals surface area contributed by atoms with Gasteiger partial charge in [-0.15, -0.1) is 0 Å². The van der Waals surface area contributed by atoms with E-state index in [9.17, 15) is 4.79 Å². The monoisotopic (exact) mass is 250 g/mol. The molecule has 1 amide bonds. The quantitative estimate of drug-likeness (QED) is 0.865. The van der Waals surface area contributed by atoms with E-state index in [4.69, 9.17) is 10.5 Å². The Hall–Kier alpha value is -1.55. The smallest absolute Gasteiger partial charge is 0.241 e. The lowest BCUT2D eigenvalue weighted by atomic mass is 9.87. The molecule has 0 aliphatic carbocycles. The molecule has 0 heterocycles. The predicted molar refractivity (Wildman–Crippen MR) is 73.8 cm³/mol. The van der Waals surface area contributed by atoms with E-state index in [-0.39, 0.29) is 11.3 Å². The standard InChI is InChI=1S/C14H22N2O2/c1-9-6-7-10(11(8-9)18-5)16-13(17)12(15)14(2,3)4/h6-8,12H,15H2,1-5H3,(H,16,17). The number of nitrogens with one attached hydrogen (secondary N) is 1. The number of carbonyl (C=O) groups is 1. The summed E-state index contributed by atoms with van der Waals surface area (Å²) in [6, 6.07) is 5.05. The van der Waals surface area contributed by atoms with Gasteiger partial charge in [0.25, 0.3) is 0 Å². The molecule has 4 heteroatoms. The van der Waals surface area contributed by atoms with Gasteiger partial charge in [-0.3, -0.25) is 4.79 Å². The first-order valence-electron chi connectivity index (χ1n) is 5.97. The fourth-order valence-corrected chi connectivity index (χ4v) is 1.51. The molecule has 1 aromatic rings.